The van der Waals surface area contributed by atoms with E-state index in [2.05, 4.69) is 4.74 Å². The maximum absolute atomic E-state index is 11.7. The summed E-state index contributed by atoms with van der Waals surface area (Å²) in [6.45, 7) is -1.14. The molecule has 0 atom stereocenters. The second-order valence-electron chi connectivity index (χ2n) is 2.64. The van der Waals surface area contributed by atoms with E-state index in [4.69, 9.17) is 5.11 Å². The largest absolute Gasteiger partial charge is 0.487 e. The molecule has 80 valence electrons. The van der Waals surface area contributed by atoms with Gasteiger partial charge in [-0.2, -0.15) is 0 Å². The van der Waals surface area contributed by atoms with Crippen LogP contribution in [0.2, 0.25) is 0 Å². The molecular formula is C9H7FO5. The smallest absolute Gasteiger partial charge is 0.339 e. The topological polar surface area (TPSA) is 80.7 Å². The molecule has 1 aliphatic rings. The van der Waals surface area contributed by atoms with Gasteiger partial charge in [-0.05, 0) is 0 Å². The maximum Gasteiger partial charge on any atom is 0.339 e. The number of aliphatic carboxylic acids is 1. The van der Waals surface area contributed by atoms with Gasteiger partial charge in [-0.15, -0.1) is 0 Å². The van der Waals surface area contributed by atoms with Gasteiger partial charge < -0.3 is 9.84 Å². The van der Waals surface area contributed by atoms with E-state index >= 15 is 0 Å². The lowest BCUT2D eigenvalue weighted by atomic mass is 10.0. The molecule has 15 heavy (non-hydrogen) atoms. The minimum atomic E-state index is -1.48. The number of hydrogen-bond acceptors (Lipinski definition) is 4. The van der Waals surface area contributed by atoms with Crippen molar-refractivity contribution in [3.8, 4) is 0 Å². The van der Waals surface area contributed by atoms with E-state index in [9.17, 15) is 18.8 Å². The Kier molecular flexibility index (Phi) is 3.33. The fourth-order valence-electron chi connectivity index (χ4n) is 0.970. The number of ether oxygens (including phenoxy) is 1. The molecule has 0 saturated carbocycles. The Morgan fingerprint density at radius 1 is 1.33 bits per heavy atom. The van der Waals surface area contributed by atoms with Gasteiger partial charge in [-0.1, -0.05) is 0 Å². The fourth-order valence-corrected chi connectivity index (χ4v) is 0.970. The summed E-state index contributed by atoms with van der Waals surface area (Å²) < 4.78 is 16.3. The van der Waals surface area contributed by atoms with Crippen molar-refractivity contribution >= 4 is 17.5 Å². The second-order valence-corrected chi connectivity index (χ2v) is 2.64. The molecule has 0 spiro atoms. The summed E-state index contributed by atoms with van der Waals surface area (Å²) in [6, 6.07) is 0. The molecule has 0 amide bonds. The number of carbonyl (C=O) groups excluding carboxylic acids is 2. The molecule has 0 saturated heterocycles. The molecule has 0 heterocycles. The van der Waals surface area contributed by atoms with E-state index in [-0.39, 0.29) is 12.4 Å². The number of carboxylic acid groups (broad SMARTS) is 1. The van der Waals surface area contributed by atoms with Gasteiger partial charge in [0.25, 0.3) is 0 Å². The standard InChI is InChI=1S/C9H7FO5/c10-1-2-15-8-4-6(11)5(9(13)14)3-7(8)12/h3-4H,1-2H2,(H,13,14). The molecular weight excluding hydrogens is 207 g/mol. The average Bonchev–Trinajstić information content (AvgIpc) is 2.18. The summed E-state index contributed by atoms with van der Waals surface area (Å²) in [5.74, 6) is -3.40. The van der Waals surface area contributed by atoms with E-state index in [0.29, 0.717) is 6.08 Å². The highest BCUT2D eigenvalue weighted by Gasteiger charge is 2.25. The van der Waals surface area contributed by atoms with Crippen LogP contribution < -0.4 is 0 Å². The van der Waals surface area contributed by atoms with E-state index < -0.39 is 29.8 Å². The van der Waals surface area contributed by atoms with E-state index in [1.54, 1.807) is 0 Å². The summed E-state index contributed by atoms with van der Waals surface area (Å²) in [6.07, 6.45) is 1.42. The van der Waals surface area contributed by atoms with Crippen molar-refractivity contribution in [2.24, 2.45) is 0 Å². The molecule has 1 N–H and O–H groups in total. The Hall–Kier alpha value is -1.98. The quantitative estimate of drug-likeness (QED) is 0.527. The molecule has 0 fully saturated rings. The summed E-state index contributed by atoms with van der Waals surface area (Å²) in [4.78, 5) is 32.7. The molecule has 5 nitrogen and oxygen atoms in total. The average molecular weight is 214 g/mol. The van der Waals surface area contributed by atoms with Gasteiger partial charge in [0.1, 0.15) is 18.9 Å². The van der Waals surface area contributed by atoms with Crippen molar-refractivity contribution in [2.75, 3.05) is 13.3 Å². The third kappa shape index (κ3) is 2.49. The summed E-state index contributed by atoms with van der Waals surface area (Å²) in [5, 5.41) is 8.52. The highest BCUT2D eigenvalue weighted by atomic mass is 19.1. The molecule has 0 aliphatic heterocycles. The number of ketones is 2. The van der Waals surface area contributed by atoms with Crippen molar-refractivity contribution in [1.29, 1.82) is 0 Å². The molecule has 0 radical (unpaired) electrons. The molecule has 0 aromatic carbocycles. The van der Waals surface area contributed by atoms with Crippen LogP contribution in [0.4, 0.5) is 4.39 Å². The number of carboxylic acids is 1. The third-order valence-electron chi connectivity index (χ3n) is 1.61. The number of rotatable bonds is 4. The normalized spacial score (nSPS) is 15.8. The van der Waals surface area contributed by atoms with Gasteiger partial charge in [0.2, 0.25) is 5.78 Å². The van der Waals surface area contributed by atoms with Crippen molar-refractivity contribution in [3.05, 3.63) is 23.5 Å². The van der Waals surface area contributed by atoms with Gasteiger partial charge in [0.15, 0.2) is 11.5 Å². The van der Waals surface area contributed by atoms with E-state index in [1.807, 2.05) is 0 Å². The van der Waals surface area contributed by atoms with Crippen LogP contribution in [0.15, 0.2) is 23.5 Å². The summed E-state index contributed by atoms with van der Waals surface area (Å²) in [5.41, 5.74) is -0.618. The van der Waals surface area contributed by atoms with Crippen LogP contribution in [0.5, 0.6) is 0 Å². The van der Waals surface area contributed by atoms with Gasteiger partial charge in [-0.3, -0.25) is 9.59 Å². The van der Waals surface area contributed by atoms with Gasteiger partial charge in [-0.25, -0.2) is 9.18 Å². The lowest BCUT2D eigenvalue weighted by Crippen LogP contribution is -2.20. The minimum Gasteiger partial charge on any atom is -0.487 e. The Morgan fingerprint density at radius 3 is 2.53 bits per heavy atom. The molecule has 0 bridgehead atoms. The monoisotopic (exact) mass is 214 g/mol. The van der Waals surface area contributed by atoms with Crippen LogP contribution in [0.1, 0.15) is 0 Å². The zero-order chi connectivity index (χ0) is 11.4. The Labute approximate surface area is 83.8 Å². The number of alkyl halides is 1. The first kappa shape index (κ1) is 11.1. The predicted octanol–water partition coefficient (Wildman–Crippen LogP) is 0.0192. The number of carbonyl (C=O) groups is 3. The third-order valence-corrected chi connectivity index (χ3v) is 1.61. The first-order chi connectivity index (χ1) is 7.06. The highest BCUT2D eigenvalue weighted by molar-refractivity contribution is 6.29. The van der Waals surface area contributed by atoms with Crippen LogP contribution in [0.25, 0.3) is 0 Å². The second kappa shape index (κ2) is 4.50. The molecule has 0 unspecified atom stereocenters. The summed E-state index contributed by atoms with van der Waals surface area (Å²) >= 11 is 0. The predicted molar refractivity (Wildman–Crippen MR) is 45.7 cm³/mol. The SMILES string of the molecule is O=C(O)C1=CC(=O)C(OCCF)=CC1=O. The lowest BCUT2D eigenvalue weighted by molar-refractivity contribution is -0.134. The van der Waals surface area contributed by atoms with Crippen LogP contribution in [-0.4, -0.2) is 35.9 Å². The minimum absolute atomic E-state index is 0.331. The maximum atomic E-state index is 11.7. The lowest BCUT2D eigenvalue weighted by Gasteiger charge is -2.09. The number of hydrogen-bond donors (Lipinski definition) is 1. The highest BCUT2D eigenvalue weighted by Crippen LogP contribution is 2.12. The van der Waals surface area contributed by atoms with Crippen molar-refractivity contribution < 1.29 is 28.6 Å². The van der Waals surface area contributed by atoms with E-state index in [1.165, 1.54) is 0 Å². The Bertz CT molecular complexity index is 380. The zero-order valence-corrected chi connectivity index (χ0v) is 7.53. The van der Waals surface area contributed by atoms with Crippen molar-refractivity contribution in [3.63, 3.8) is 0 Å². The van der Waals surface area contributed by atoms with Crippen LogP contribution in [-0.2, 0) is 19.1 Å². The first-order valence-corrected chi connectivity index (χ1v) is 4.00. The van der Waals surface area contributed by atoms with Gasteiger partial charge in [0.05, 0.1) is 0 Å². The van der Waals surface area contributed by atoms with Crippen molar-refractivity contribution in [1.82, 2.24) is 0 Å². The molecule has 1 rings (SSSR count). The van der Waals surface area contributed by atoms with Crippen LogP contribution in [0.3, 0.4) is 0 Å². The first-order valence-electron chi connectivity index (χ1n) is 4.00. The number of halogens is 1. The van der Waals surface area contributed by atoms with Gasteiger partial charge >= 0.3 is 5.97 Å². The Balaban J connectivity index is 2.84. The summed E-state index contributed by atoms with van der Waals surface area (Å²) in [7, 11) is 0. The van der Waals surface area contributed by atoms with Crippen LogP contribution in [0, 0.1) is 0 Å². The van der Waals surface area contributed by atoms with Crippen molar-refractivity contribution in [2.45, 2.75) is 0 Å². The van der Waals surface area contributed by atoms with E-state index in [0.717, 1.165) is 6.08 Å². The molecule has 6 heteroatoms. The number of allylic oxidation sites excluding steroid dienone is 2. The molecule has 0 aromatic heterocycles. The zero-order valence-electron chi connectivity index (χ0n) is 7.53. The van der Waals surface area contributed by atoms with Crippen LogP contribution >= 0.6 is 0 Å². The molecule has 0 aromatic rings. The van der Waals surface area contributed by atoms with Gasteiger partial charge in [0, 0.05) is 12.2 Å². The molecule has 1 aliphatic carbocycles. The Morgan fingerprint density at radius 2 is 2.00 bits per heavy atom. The fraction of sp³-hybridized carbons (Fsp3) is 0.222.